The predicted octanol–water partition coefficient (Wildman–Crippen LogP) is 2.73. The number of benzene rings is 1. The first-order valence-electron chi connectivity index (χ1n) is 6.81. The van der Waals surface area contributed by atoms with E-state index in [4.69, 9.17) is 4.74 Å². The van der Waals surface area contributed by atoms with Gasteiger partial charge in [-0.1, -0.05) is 6.92 Å². The summed E-state index contributed by atoms with van der Waals surface area (Å²) in [6.07, 6.45) is 1.24. The SMILES string of the molecule is CCCSc1ccc2nc(C3CNCCO3)[nH]c2c1. The van der Waals surface area contributed by atoms with Gasteiger partial charge in [-0.15, -0.1) is 11.8 Å². The van der Waals surface area contributed by atoms with Crippen molar-refractivity contribution in [2.24, 2.45) is 0 Å². The molecule has 0 aliphatic carbocycles. The molecule has 2 heterocycles. The van der Waals surface area contributed by atoms with Gasteiger partial charge < -0.3 is 15.0 Å². The number of rotatable bonds is 4. The van der Waals surface area contributed by atoms with Gasteiger partial charge in [-0.3, -0.25) is 0 Å². The monoisotopic (exact) mass is 277 g/mol. The molecule has 1 saturated heterocycles. The number of nitrogens with zero attached hydrogens (tertiary/aromatic N) is 1. The van der Waals surface area contributed by atoms with Gasteiger partial charge in [-0.05, 0) is 30.4 Å². The van der Waals surface area contributed by atoms with Gasteiger partial charge in [0.25, 0.3) is 0 Å². The summed E-state index contributed by atoms with van der Waals surface area (Å²) in [5.41, 5.74) is 2.12. The number of hydrogen-bond donors (Lipinski definition) is 2. The van der Waals surface area contributed by atoms with E-state index in [2.05, 4.69) is 40.4 Å². The molecule has 0 amide bonds. The van der Waals surface area contributed by atoms with E-state index in [9.17, 15) is 0 Å². The number of ether oxygens (including phenoxy) is 1. The van der Waals surface area contributed by atoms with E-state index in [1.165, 1.54) is 11.3 Å². The number of nitrogens with one attached hydrogen (secondary N) is 2. The van der Waals surface area contributed by atoms with Crippen LogP contribution in [0.3, 0.4) is 0 Å². The average molecular weight is 277 g/mol. The van der Waals surface area contributed by atoms with Crippen molar-refractivity contribution in [3.05, 3.63) is 24.0 Å². The second-order valence-electron chi connectivity index (χ2n) is 4.71. The van der Waals surface area contributed by atoms with Gasteiger partial charge in [0.05, 0.1) is 17.6 Å². The van der Waals surface area contributed by atoms with Crippen molar-refractivity contribution >= 4 is 22.8 Å². The number of fused-ring (bicyclic) bond motifs is 1. The van der Waals surface area contributed by atoms with Gasteiger partial charge in [-0.25, -0.2) is 4.98 Å². The summed E-state index contributed by atoms with van der Waals surface area (Å²) in [5, 5.41) is 3.33. The van der Waals surface area contributed by atoms with Crippen LogP contribution in [0.1, 0.15) is 25.3 Å². The lowest BCUT2D eigenvalue weighted by Crippen LogP contribution is -2.33. The molecule has 1 aliphatic rings. The fraction of sp³-hybridized carbons (Fsp3) is 0.500. The highest BCUT2D eigenvalue weighted by Crippen LogP contribution is 2.25. The maximum absolute atomic E-state index is 5.73. The Labute approximate surface area is 117 Å². The lowest BCUT2D eigenvalue weighted by Gasteiger charge is -2.21. The number of aromatic nitrogens is 2. The van der Waals surface area contributed by atoms with Crippen LogP contribution in [0.15, 0.2) is 23.1 Å². The highest BCUT2D eigenvalue weighted by atomic mass is 32.2. The first kappa shape index (κ1) is 13.0. The Morgan fingerprint density at radius 1 is 1.47 bits per heavy atom. The zero-order valence-corrected chi connectivity index (χ0v) is 11.9. The lowest BCUT2D eigenvalue weighted by atomic mass is 10.3. The molecule has 102 valence electrons. The normalized spacial score (nSPS) is 19.9. The van der Waals surface area contributed by atoms with Crippen molar-refractivity contribution in [3.8, 4) is 0 Å². The third kappa shape index (κ3) is 2.94. The largest absolute Gasteiger partial charge is 0.368 e. The van der Waals surface area contributed by atoms with Crippen LogP contribution >= 0.6 is 11.8 Å². The Morgan fingerprint density at radius 3 is 3.21 bits per heavy atom. The van der Waals surface area contributed by atoms with E-state index in [-0.39, 0.29) is 6.10 Å². The zero-order chi connectivity index (χ0) is 13.1. The van der Waals surface area contributed by atoms with Gasteiger partial charge in [0, 0.05) is 18.0 Å². The van der Waals surface area contributed by atoms with Gasteiger partial charge in [0.1, 0.15) is 11.9 Å². The van der Waals surface area contributed by atoms with Gasteiger partial charge >= 0.3 is 0 Å². The molecule has 5 heteroatoms. The first-order chi connectivity index (χ1) is 9.36. The standard InChI is InChI=1S/C14H19N3OS/c1-2-7-19-10-3-4-11-12(8-10)17-14(16-11)13-9-15-5-6-18-13/h3-4,8,13,15H,2,5-7,9H2,1H3,(H,16,17). The molecule has 1 aliphatic heterocycles. The van der Waals surface area contributed by atoms with E-state index in [0.717, 1.165) is 42.3 Å². The van der Waals surface area contributed by atoms with Crippen molar-refractivity contribution in [1.29, 1.82) is 0 Å². The topological polar surface area (TPSA) is 49.9 Å². The molecule has 0 radical (unpaired) electrons. The van der Waals surface area contributed by atoms with Crippen LogP contribution in [0, 0.1) is 0 Å². The lowest BCUT2D eigenvalue weighted by molar-refractivity contribution is 0.0228. The van der Waals surface area contributed by atoms with Crippen LogP contribution in [0.2, 0.25) is 0 Å². The molecule has 3 rings (SSSR count). The van der Waals surface area contributed by atoms with Crippen molar-refractivity contribution in [2.75, 3.05) is 25.4 Å². The summed E-state index contributed by atoms with van der Waals surface area (Å²) < 4.78 is 5.73. The highest BCUT2D eigenvalue weighted by molar-refractivity contribution is 7.99. The third-order valence-corrected chi connectivity index (χ3v) is 4.38. The van der Waals surface area contributed by atoms with Crippen LogP contribution in [-0.4, -0.2) is 35.4 Å². The molecule has 4 nitrogen and oxygen atoms in total. The van der Waals surface area contributed by atoms with Crippen molar-refractivity contribution < 1.29 is 4.74 Å². The van der Waals surface area contributed by atoms with Crippen molar-refractivity contribution in [3.63, 3.8) is 0 Å². The second-order valence-corrected chi connectivity index (χ2v) is 5.88. The number of morpholine rings is 1. The molecule has 1 atom stereocenters. The summed E-state index contributed by atoms with van der Waals surface area (Å²) in [6.45, 7) is 4.71. The summed E-state index contributed by atoms with van der Waals surface area (Å²) in [4.78, 5) is 9.32. The second kappa shape index (κ2) is 5.94. The quantitative estimate of drug-likeness (QED) is 0.844. The molecule has 2 aromatic rings. The molecule has 0 spiro atoms. The first-order valence-corrected chi connectivity index (χ1v) is 7.80. The van der Waals surface area contributed by atoms with Crippen molar-refractivity contribution in [2.45, 2.75) is 24.3 Å². The minimum absolute atomic E-state index is 0.0490. The minimum Gasteiger partial charge on any atom is -0.368 e. The Morgan fingerprint density at radius 2 is 2.42 bits per heavy atom. The Kier molecular flexibility index (Phi) is 4.06. The predicted molar refractivity (Wildman–Crippen MR) is 78.7 cm³/mol. The molecule has 19 heavy (non-hydrogen) atoms. The smallest absolute Gasteiger partial charge is 0.137 e. The Hall–Kier alpha value is -1.04. The van der Waals surface area contributed by atoms with Crippen molar-refractivity contribution in [1.82, 2.24) is 15.3 Å². The van der Waals surface area contributed by atoms with E-state index in [0.29, 0.717) is 0 Å². The molecule has 0 bridgehead atoms. The maximum atomic E-state index is 5.73. The highest BCUT2D eigenvalue weighted by Gasteiger charge is 2.19. The third-order valence-electron chi connectivity index (χ3n) is 3.18. The summed E-state index contributed by atoms with van der Waals surface area (Å²) in [7, 11) is 0. The number of aromatic amines is 1. The molecule has 1 aromatic heterocycles. The van der Waals surface area contributed by atoms with E-state index < -0.39 is 0 Å². The summed E-state index contributed by atoms with van der Waals surface area (Å²) in [5.74, 6) is 2.09. The van der Waals surface area contributed by atoms with Crippen LogP contribution in [0.4, 0.5) is 0 Å². The van der Waals surface area contributed by atoms with Gasteiger partial charge in [-0.2, -0.15) is 0 Å². The number of imidazole rings is 1. The fourth-order valence-corrected chi connectivity index (χ4v) is 3.02. The Bertz CT molecular complexity index is 549. The number of hydrogen-bond acceptors (Lipinski definition) is 4. The molecule has 0 saturated carbocycles. The molecule has 2 N–H and O–H groups in total. The molecular weight excluding hydrogens is 258 g/mol. The average Bonchev–Trinajstić information content (AvgIpc) is 2.89. The van der Waals surface area contributed by atoms with Gasteiger partial charge in [0.15, 0.2) is 0 Å². The van der Waals surface area contributed by atoms with E-state index >= 15 is 0 Å². The van der Waals surface area contributed by atoms with Crippen LogP contribution in [-0.2, 0) is 4.74 Å². The van der Waals surface area contributed by atoms with E-state index in [1.54, 1.807) is 0 Å². The molecule has 1 unspecified atom stereocenters. The molecular formula is C14H19N3OS. The molecule has 1 aromatic carbocycles. The number of H-pyrrole nitrogens is 1. The zero-order valence-electron chi connectivity index (χ0n) is 11.1. The fourth-order valence-electron chi connectivity index (χ4n) is 2.21. The van der Waals surface area contributed by atoms with Gasteiger partial charge in [0.2, 0.25) is 0 Å². The number of thioether (sulfide) groups is 1. The molecule has 1 fully saturated rings. The minimum atomic E-state index is 0.0490. The van der Waals surface area contributed by atoms with Crippen LogP contribution in [0.25, 0.3) is 11.0 Å². The van der Waals surface area contributed by atoms with Crippen LogP contribution in [0.5, 0.6) is 0 Å². The Balaban J connectivity index is 1.83. The van der Waals surface area contributed by atoms with Crippen LogP contribution < -0.4 is 5.32 Å². The van der Waals surface area contributed by atoms with E-state index in [1.807, 2.05) is 11.8 Å². The summed E-state index contributed by atoms with van der Waals surface area (Å²) >= 11 is 1.89. The summed E-state index contributed by atoms with van der Waals surface area (Å²) in [6, 6.07) is 6.42. The maximum Gasteiger partial charge on any atom is 0.137 e.